The third-order valence-corrected chi connectivity index (χ3v) is 4.08. The summed E-state index contributed by atoms with van der Waals surface area (Å²) in [5.41, 5.74) is 8.17. The number of hydrogen-bond donors (Lipinski definition) is 1. The zero-order valence-corrected chi connectivity index (χ0v) is 14.5. The van der Waals surface area contributed by atoms with Gasteiger partial charge in [0.2, 0.25) is 0 Å². The van der Waals surface area contributed by atoms with Crippen molar-refractivity contribution in [3.8, 4) is 5.69 Å². The lowest BCUT2D eigenvalue weighted by Crippen LogP contribution is -2.19. The highest BCUT2D eigenvalue weighted by Gasteiger charge is 2.08. The second-order valence-electron chi connectivity index (χ2n) is 5.87. The first kappa shape index (κ1) is 16.6. The summed E-state index contributed by atoms with van der Waals surface area (Å²) in [5.74, 6) is -0.235. The minimum absolute atomic E-state index is 0.235. The van der Waals surface area contributed by atoms with Gasteiger partial charge in [-0.3, -0.25) is 9.78 Å². The maximum Gasteiger partial charge on any atom is 0.271 e. The number of carbonyl (C=O) groups excluding carboxylic acids is 1. The van der Waals surface area contributed by atoms with Crippen molar-refractivity contribution >= 4 is 11.6 Å². The third kappa shape index (κ3) is 3.66. The van der Waals surface area contributed by atoms with Gasteiger partial charge in [-0.15, -0.1) is 0 Å². The number of nitrogens with zero attached hydrogens (tertiary/aromatic N) is 3. The Bertz CT molecular complexity index is 889. The Morgan fingerprint density at radius 3 is 2.12 bits per heavy atom. The fraction of sp³-hybridized carbons (Fsp3) is 0.150. The molecule has 0 atom stereocenters. The van der Waals surface area contributed by atoms with E-state index in [1.807, 2.05) is 31.2 Å². The van der Waals surface area contributed by atoms with Crippen molar-refractivity contribution in [3.63, 3.8) is 0 Å². The Morgan fingerprint density at radius 1 is 0.920 bits per heavy atom. The summed E-state index contributed by atoms with van der Waals surface area (Å²) in [6.07, 6.45) is 3.39. The Balaban J connectivity index is 1.73. The van der Waals surface area contributed by atoms with E-state index in [1.54, 1.807) is 24.5 Å². The molecular weight excluding hydrogens is 312 g/mol. The van der Waals surface area contributed by atoms with Crippen LogP contribution in [0.15, 0.2) is 66.0 Å². The van der Waals surface area contributed by atoms with Gasteiger partial charge in [0.25, 0.3) is 5.91 Å². The van der Waals surface area contributed by atoms with Crippen LogP contribution in [0, 0.1) is 13.8 Å². The molecule has 0 spiro atoms. The second kappa shape index (κ2) is 7.13. The fourth-order valence-corrected chi connectivity index (χ4v) is 2.69. The van der Waals surface area contributed by atoms with Crippen molar-refractivity contribution in [3.05, 3.63) is 83.4 Å². The molecule has 3 rings (SSSR count). The van der Waals surface area contributed by atoms with Gasteiger partial charge in [-0.05, 0) is 69.3 Å². The maximum absolute atomic E-state index is 12.3. The van der Waals surface area contributed by atoms with E-state index in [9.17, 15) is 4.79 Å². The van der Waals surface area contributed by atoms with E-state index in [1.165, 1.54) is 0 Å². The number of carbonyl (C=O) groups is 1. The van der Waals surface area contributed by atoms with E-state index < -0.39 is 0 Å². The van der Waals surface area contributed by atoms with E-state index >= 15 is 0 Å². The molecule has 1 N–H and O–H groups in total. The molecule has 0 aliphatic heterocycles. The molecular formula is C20H20N4O. The first-order valence-corrected chi connectivity index (χ1v) is 8.06. The Labute approximate surface area is 147 Å². The summed E-state index contributed by atoms with van der Waals surface area (Å²) in [5, 5.41) is 4.16. The lowest BCUT2D eigenvalue weighted by Gasteiger charge is -2.10. The monoisotopic (exact) mass is 332 g/mol. The highest BCUT2D eigenvalue weighted by atomic mass is 16.2. The zero-order chi connectivity index (χ0) is 17.8. The van der Waals surface area contributed by atoms with Gasteiger partial charge >= 0.3 is 0 Å². The van der Waals surface area contributed by atoms with Gasteiger partial charge in [0, 0.05) is 40.6 Å². The molecule has 2 heterocycles. The van der Waals surface area contributed by atoms with E-state index in [0.717, 1.165) is 28.4 Å². The van der Waals surface area contributed by atoms with E-state index in [4.69, 9.17) is 0 Å². The van der Waals surface area contributed by atoms with Crippen LogP contribution >= 0.6 is 0 Å². The predicted molar refractivity (Wildman–Crippen MR) is 99.2 cm³/mol. The number of nitrogens with one attached hydrogen (secondary N) is 1. The first-order valence-electron chi connectivity index (χ1n) is 8.06. The number of rotatable bonds is 4. The van der Waals surface area contributed by atoms with Gasteiger partial charge in [0.05, 0.1) is 5.71 Å². The molecule has 2 aromatic heterocycles. The average Bonchev–Trinajstić information content (AvgIpc) is 2.98. The molecule has 0 bridgehead atoms. The van der Waals surface area contributed by atoms with Crippen molar-refractivity contribution in [1.29, 1.82) is 0 Å². The quantitative estimate of drug-likeness (QED) is 0.586. The average molecular weight is 332 g/mol. The molecule has 1 aromatic carbocycles. The number of hydrazone groups is 1. The second-order valence-corrected chi connectivity index (χ2v) is 5.87. The number of aromatic nitrogens is 2. The highest BCUT2D eigenvalue weighted by molar-refractivity contribution is 6.00. The van der Waals surface area contributed by atoms with Gasteiger partial charge in [-0.2, -0.15) is 5.10 Å². The molecule has 25 heavy (non-hydrogen) atoms. The Morgan fingerprint density at radius 2 is 1.52 bits per heavy atom. The van der Waals surface area contributed by atoms with Crippen molar-refractivity contribution < 1.29 is 4.79 Å². The minimum Gasteiger partial charge on any atom is -0.319 e. The molecule has 0 fully saturated rings. The van der Waals surface area contributed by atoms with Crippen LogP contribution in [0.4, 0.5) is 0 Å². The van der Waals surface area contributed by atoms with Crippen molar-refractivity contribution in [2.75, 3.05) is 0 Å². The van der Waals surface area contributed by atoms with Crippen molar-refractivity contribution in [1.82, 2.24) is 15.0 Å². The van der Waals surface area contributed by atoms with Crippen LogP contribution in [0.3, 0.4) is 0 Å². The Kier molecular flexibility index (Phi) is 4.75. The highest BCUT2D eigenvalue weighted by Crippen LogP contribution is 2.16. The summed E-state index contributed by atoms with van der Waals surface area (Å²) in [4.78, 5) is 16.2. The molecule has 0 radical (unpaired) electrons. The largest absolute Gasteiger partial charge is 0.319 e. The number of pyridine rings is 1. The van der Waals surface area contributed by atoms with Crippen LogP contribution in [0.1, 0.15) is 34.2 Å². The summed E-state index contributed by atoms with van der Waals surface area (Å²) in [6.45, 7) is 5.96. The summed E-state index contributed by atoms with van der Waals surface area (Å²) in [7, 11) is 0. The van der Waals surface area contributed by atoms with E-state index in [-0.39, 0.29) is 5.91 Å². The van der Waals surface area contributed by atoms with Gasteiger partial charge in [0.15, 0.2) is 0 Å². The lowest BCUT2D eigenvalue weighted by molar-refractivity contribution is 0.0955. The van der Waals surface area contributed by atoms with Gasteiger partial charge in [-0.25, -0.2) is 5.43 Å². The third-order valence-electron chi connectivity index (χ3n) is 4.08. The molecule has 0 aliphatic carbocycles. The summed E-state index contributed by atoms with van der Waals surface area (Å²) >= 11 is 0. The van der Waals surface area contributed by atoms with Gasteiger partial charge in [0.1, 0.15) is 0 Å². The topological polar surface area (TPSA) is 59.3 Å². The van der Waals surface area contributed by atoms with Crippen LogP contribution in [-0.2, 0) is 0 Å². The number of amides is 1. The zero-order valence-electron chi connectivity index (χ0n) is 14.5. The lowest BCUT2D eigenvalue weighted by atomic mass is 10.2. The summed E-state index contributed by atoms with van der Waals surface area (Å²) in [6, 6.07) is 15.3. The summed E-state index contributed by atoms with van der Waals surface area (Å²) < 4.78 is 2.15. The van der Waals surface area contributed by atoms with Gasteiger partial charge in [-0.1, -0.05) is 0 Å². The molecule has 1 amide bonds. The molecule has 5 nitrogen and oxygen atoms in total. The smallest absolute Gasteiger partial charge is 0.271 e. The van der Waals surface area contributed by atoms with Crippen molar-refractivity contribution in [2.24, 2.45) is 5.10 Å². The standard InChI is InChI=1S/C20H20N4O/c1-14-4-5-15(2)24(14)19-8-6-18(7-9-19)20(25)23-22-16(3)17-10-12-21-13-11-17/h4-13H,1-3H3,(H,23,25)/b22-16-. The maximum atomic E-state index is 12.3. The molecule has 0 aliphatic rings. The Hall–Kier alpha value is -3.21. The van der Waals surface area contributed by atoms with Crippen LogP contribution in [0.25, 0.3) is 5.69 Å². The van der Waals surface area contributed by atoms with Crippen LogP contribution in [0.5, 0.6) is 0 Å². The fourth-order valence-electron chi connectivity index (χ4n) is 2.69. The van der Waals surface area contributed by atoms with Crippen LogP contribution in [0.2, 0.25) is 0 Å². The number of benzene rings is 1. The molecule has 0 saturated heterocycles. The normalized spacial score (nSPS) is 11.4. The molecule has 126 valence electrons. The first-order chi connectivity index (χ1) is 12.1. The molecule has 3 aromatic rings. The minimum atomic E-state index is -0.235. The number of hydrogen-bond acceptors (Lipinski definition) is 3. The molecule has 0 saturated carbocycles. The van der Waals surface area contributed by atoms with E-state index in [0.29, 0.717) is 5.56 Å². The predicted octanol–water partition coefficient (Wildman–Crippen LogP) is 3.64. The SMILES string of the molecule is C/C(=N/NC(=O)c1ccc(-n2c(C)ccc2C)cc1)c1ccncc1. The molecule has 5 heteroatoms. The number of aryl methyl sites for hydroxylation is 2. The van der Waals surface area contributed by atoms with Crippen LogP contribution in [-0.4, -0.2) is 21.2 Å². The van der Waals surface area contributed by atoms with E-state index in [2.05, 4.69) is 46.1 Å². The molecule has 0 unspecified atom stereocenters. The van der Waals surface area contributed by atoms with Crippen LogP contribution < -0.4 is 5.43 Å². The van der Waals surface area contributed by atoms with Crippen molar-refractivity contribution in [2.45, 2.75) is 20.8 Å². The van der Waals surface area contributed by atoms with Gasteiger partial charge < -0.3 is 4.57 Å².